The van der Waals surface area contributed by atoms with Crippen molar-refractivity contribution in [2.75, 3.05) is 5.32 Å². The van der Waals surface area contributed by atoms with Crippen LogP contribution in [0.2, 0.25) is 0 Å². The Balaban J connectivity index is 1.61. The van der Waals surface area contributed by atoms with E-state index in [2.05, 4.69) is 17.4 Å². The molecule has 4 aliphatic rings. The first-order chi connectivity index (χ1) is 10.4. The molecule has 0 spiro atoms. The van der Waals surface area contributed by atoms with Gasteiger partial charge in [0.25, 0.3) is 0 Å². The Morgan fingerprint density at radius 2 is 1.86 bits per heavy atom. The molecule has 1 aromatic carbocycles. The van der Waals surface area contributed by atoms with E-state index in [4.69, 9.17) is 0 Å². The average Bonchev–Trinajstić information content (AvgIpc) is 2.40. The van der Waals surface area contributed by atoms with Gasteiger partial charge in [0.05, 0.1) is 11.0 Å². The van der Waals surface area contributed by atoms with E-state index in [1.54, 1.807) is 0 Å². The maximum Gasteiger partial charge on any atom is 0.230 e. The number of nitrogens with one attached hydrogen (secondary N) is 1. The maximum atomic E-state index is 13.0. The van der Waals surface area contributed by atoms with Crippen LogP contribution in [0.5, 0.6) is 0 Å². The number of carbonyl (C=O) groups excluding carboxylic acids is 1. The van der Waals surface area contributed by atoms with Gasteiger partial charge in [-0.3, -0.25) is 4.79 Å². The molecule has 0 aliphatic heterocycles. The molecule has 2 atom stereocenters. The zero-order chi connectivity index (χ0) is 15.5. The van der Waals surface area contributed by atoms with Gasteiger partial charge in [-0.15, -0.1) is 0 Å². The second-order valence-electron chi connectivity index (χ2n) is 8.24. The predicted molar refractivity (Wildman–Crippen MR) is 86.6 cm³/mol. The predicted octanol–water partition coefficient (Wildman–Crippen LogP) is 3.57. The van der Waals surface area contributed by atoms with Gasteiger partial charge < -0.3 is 10.4 Å². The van der Waals surface area contributed by atoms with Crippen LogP contribution in [0, 0.1) is 31.1 Å². The summed E-state index contributed by atoms with van der Waals surface area (Å²) in [6.07, 6.45) is 5.60. The van der Waals surface area contributed by atoms with Crippen LogP contribution >= 0.6 is 0 Å². The molecule has 3 nitrogen and oxygen atoms in total. The molecular weight excluding hydrogens is 274 g/mol. The van der Waals surface area contributed by atoms with E-state index in [0.29, 0.717) is 18.3 Å². The summed E-state index contributed by atoms with van der Waals surface area (Å²) in [4.78, 5) is 13.0. The highest BCUT2D eigenvalue weighted by molar-refractivity contribution is 5.96. The zero-order valence-corrected chi connectivity index (χ0v) is 13.5. The normalized spacial score (nSPS) is 39.0. The van der Waals surface area contributed by atoms with Crippen LogP contribution in [-0.4, -0.2) is 16.6 Å². The average molecular weight is 299 g/mol. The Bertz CT molecular complexity index is 622. The maximum absolute atomic E-state index is 13.0. The number of anilines is 1. The molecular formula is C19H25NO2. The van der Waals surface area contributed by atoms with Gasteiger partial charge >= 0.3 is 0 Å². The monoisotopic (exact) mass is 299 g/mol. The molecule has 1 amide bonds. The summed E-state index contributed by atoms with van der Waals surface area (Å²) in [5, 5.41) is 14.0. The number of carbonyl (C=O) groups is 1. The van der Waals surface area contributed by atoms with Crippen molar-refractivity contribution >= 4 is 11.6 Å². The number of aliphatic hydroxyl groups is 1. The van der Waals surface area contributed by atoms with Crippen molar-refractivity contribution in [3.8, 4) is 0 Å². The van der Waals surface area contributed by atoms with E-state index in [0.717, 1.165) is 42.5 Å². The molecule has 118 valence electrons. The first kappa shape index (κ1) is 14.3. The van der Waals surface area contributed by atoms with Gasteiger partial charge in [0.15, 0.2) is 0 Å². The fourth-order valence-electron chi connectivity index (χ4n) is 5.61. The largest absolute Gasteiger partial charge is 0.390 e. The summed E-state index contributed by atoms with van der Waals surface area (Å²) in [6, 6.07) is 6.17. The van der Waals surface area contributed by atoms with Crippen LogP contribution in [0.15, 0.2) is 18.2 Å². The fraction of sp³-hybridized carbons (Fsp3) is 0.632. The summed E-state index contributed by atoms with van der Waals surface area (Å²) < 4.78 is 0. The Morgan fingerprint density at radius 3 is 2.50 bits per heavy atom. The number of hydrogen-bond donors (Lipinski definition) is 2. The van der Waals surface area contributed by atoms with Crippen LogP contribution in [0.4, 0.5) is 5.69 Å². The standard InChI is InChI=1S/C19H25NO2/c1-12-3-4-13(2)16(5-12)20-17(21)18-7-14-6-15(8-18)10-19(22,9-14)11-18/h3-5,14-15,22H,6-11H2,1-2H3,(H,20,21). The molecule has 5 rings (SSSR count). The van der Waals surface area contributed by atoms with Crippen LogP contribution in [0.3, 0.4) is 0 Å². The number of benzene rings is 1. The van der Waals surface area contributed by atoms with Crippen LogP contribution in [0.25, 0.3) is 0 Å². The second kappa shape index (κ2) is 4.58. The molecule has 2 N–H and O–H groups in total. The van der Waals surface area contributed by atoms with Crippen molar-refractivity contribution in [2.24, 2.45) is 17.3 Å². The smallest absolute Gasteiger partial charge is 0.230 e. The van der Waals surface area contributed by atoms with E-state index in [1.807, 2.05) is 19.9 Å². The van der Waals surface area contributed by atoms with Gasteiger partial charge in [0, 0.05) is 5.69 Å². The lowest BCUT2D eigenvalue weighted by molar-refractivity contribution is -0.174. The van der Waals surface area contributed by atoms with Crippen molar-refractivity contribution in [3.05, 3.63) is 29.3 Å². The highest BCUT2D eigenvalue weighted by Gasteiger charge is 2.60. The first-order valence-corrected chi connectivity index (χ1v) is 8.49. The lowest BCUT2D eigenvalue weighted by Crippen LogP contribution is -2.59. The van der Waals surface area contributed by atoms with E-state index in [1.165, 1.54) is 6.42 Å². The number of amides is 1. The lowest BCUT2D eigenvalue weighted by Gasteiger charge is -2.59. The van der Waals surface area contributed by atoms with Crippen LogP contribution in [-0.2, 0) is 4.79 Å². The van der Waals surface area contributed by atoms with Crippen molar-refractivity contribution in [1.29, 1.82) is 0 Å². The molecule has 4 saturated carbocycles. The van der Waals surface area contributed by atoms with Gasteiger partial charge in [0.1, 0.15) is 0 Å². The SMILES string of the molecule is Cc1ccc(C)c(NC(=O)C23CC4CC(CC(O)(C4)C2)C3)c1. The Morgan fingerprint density at radius 1 is 1.18 bits per heavy atom. The molecule has 0 aromatic heterocycles. The van der Waals surface area contributed by atoms with Gasteiger partial charge in [0.2, 0.25) is 5.91 Å². The quantitative estimate of drug-likeness (QED) is 0.877. The Hall–Kier alpha value is -1.35. The van der Waals surface area contributed by atoms with Gasteiger partial charge in [-0.05, 0) is 81.4 Å². The third-order valence-corrected chi connectivity index (χ3v) is 6.15. The highest BCUT2D eigenvalue weighted by Crippen LogP contribution is 2.61. The van der Waals surface area contributed by atoms with Crippen molar-refractivity contribution in [3.63, 3.8) is 0 Å². The van der Waals surface area contributed by atoms with Crippen LogP contribution < -0.4 is 5.32 Å². The molecule has 3 heteroatoms. The highest BCUT2D eigenvalue weighted by atomic mass is 16.3. The minimum atomic E-state index is -0.580. The number of aryl methyl sites for hydroxylation is 2. The second-order valence-corrected chi connectivity index (χ2v) is 8.24. The molecule has 1 aromatic rings. The molecule has 2 unspecified atom stereocenters. The third kappa shape index (κ3) is 2.18. The van der Waals surface area contributed by atoms with Crippen LogP contribution in [0.1, 0.15) is 49.7 Å². The first-order valence-electron chi connectivity index (χ1n) is 8.49. The summed E-state index contributed by atoms with van der Waals surface area (Å²) in [6.45, 7) is 4.07. The molecule has 4 aliphatic carbocycles. The van der Waals surface area contributed by atoms with E-state index < -0.39 is 5.60 Å². The zero-order valence-electron chi connectivity index (χ0n) is 13.5. The number of rotatable bonds is 2. The van der Waals surface area contributed by atoms with Gasteiger partial charge in [-0.1, -0.05) is 12.1 Å². The minimum absolute atomic E-state index is 0.133. The summed E-state index contributed by atoms with van der Waals surface area (Å²) >= 11 is 0. The molecule has 4 bridgehead atoms. The number of hydrogen-bond acceptors (Lipinski definition) is 2. The van der Waals surface area contributed by atoms with Gasteiger partial charge in [-0.2, -0.15) is 0 Å². The lowest BCUT2D eigenvalue weighted by atomic mass is 9.47. The summed E-state index contributed by atoms with van der Waals surface area (Å²) in [5.41, 5.74) is 2.26. The van der Waals surface area contributed by atoms with E-state index in [-0.39, 0.29) is 11.3 Å². The summed E-state index contributed by atoms with van der Waals surface area (Å²) in [7, 11) is 0. The summed E-state index contributed by atoms with van der Waals surface area (Å²) in [5.74, 6) is 1.21. The minimum Gasteiger partial charge on any atom is -0.390 e. The van der Waals surface area contributed by atoms with Gasteiger partial charge in [-0.25, -0.2) is 0 Å². The van der Waals surface area contributed by atoms with Crippen molar-refractivity contribution in [2.45, 2.75) is 58.0 Å². The topological polar surface area (TPSA) is 49.3 Å². The molecule has 22 heavy (non-hydrogen) atoms. The molecule has 0 radical (unpaired) electrons. The molecule has 0 heterocycles. The Kier molecular flexibility index (Phi) is 2.96. The van der Waals surface area contributed by atoms with Crippen molar-refractivity contribution < 1.29 is 9.90 Å². The van der Waals surface area contributed by atoms with E-state index in [9.17, 15) is 9.90 Å². The molecule has 0 saturated heterocycles. The third-order valence-electron chi connectivity index (χ3n) is 6.15. The Labute approximate surface area is 132 Å². The fourth-order valence-corrected chi connectivity index (χ4v) is 5.61. The van der Waals surface area contributed by atoms with E-state index >= 15 is 0 Å². The van der Waals surface area contributed by atoms with Crippen molar-refractivity contribution in [1.82, 2.24) is 0 Å². The molecule has 4 fully saturated rings.